The van der Waals surface area contributed by atoms with Crippen LogP contribution >= 0.6 is 23.5 Å². The van der Waals surface area contributed by atoms with Crippen LogP contribution in [0.5, 0.6) is 0 Å². The number of hydrogen-bond donors (Lipinski definition) is 1. The van der Waals surface area contributed by atoms with E-state index in [1.807, 2.05) is 30.3 Å². The molecule has 1 N–H and O–H groups in total. The minimum Gasteiger partial charge on any atom is -0.478 e. The van der Waals surface area contributed by atoms with Crippen molar-refractivity contribution >= 4 is 46.2 Å². The Morgan fingerprint density at radius 2 is 1.76 bits per heavy atom. The van der Waals surface area contributed by atoms with Crippen LogP contribution in [0.25, 0.3) is 10.9 Å². The summed E-state index contributed by atoms with van der Waals surface area (Å²) in [6.07, 6.45) is -2.15. The molecule has 2 heterocycles. The Morgan fingerprint density at radius 1 is 1.03 bits per heavy atom. The van der Waals surface area contributed by atoms with E-state index in [4.69, 9.17) is 16.7 Å². The second-order valence-corrected chi connectivity index (χ2v) is 8.52. The number of nitrogens with zero attached hydrogens (tertiary/aromatic N) is 3. The largest absolute Gasteiger partial charge is 0.478 e. The molecule has 0 amide bonds. The van der Waals surface area contributed by atoms with E-state index in [1.165, 1.54) is 24.1 Å². The molecule has 0 aliphatic heterocycles. The standard InChI is InChI=1S/C23H15ClF3N3O2S/c24-19-10-17(23(25,26)27)12-29-21(19)30(33-18-7-5-15(6-8-18)22(31)32)13-14-9-16-3-1-2-4-20(16)28-11-14/h1-12H,13H2,(H,31,32). The number of aromatic nitrogens is 2. The molecule has 0 radical (unpaired) electrons. The number of pyridine rings is 2. The van der Waals surface area contributed by atoms with Gasteiger partial charge in [0.05, 0.1) is 28.2 Å². The van der Waals surface area contributed by atoms with Gasteiger partial charge in [0, 0.05) is 22.7 Å². The molecule has 0 fully saturated rings. The first kappa shape index (κ1) is 22.9. The Morgan fingerprint density at radius 3 is 2.42 bits per heavy atom. The summed E-state index contributed by atoms with van der Waals surface area (Å²) in [5.41, 5.74) is 0.784. The first-order chi connectivity index (χ1) is 15.7. The lowest BCUT2D eigenvalue weighted by atomic mass is 10.1. The van der Waals surface area contributed by atoms with Crippen LogP contribution in [0.1, 0.15) is 21.5 Å². The minimum absolute atomic E-state index is 0.121. The van der Waals surface area contributed by atoms with Crippen LogP contribution in [0.2, 0.25) is 5.02 Å². The SMILES string of the molecule is O=C(O)c1ccc(SN(Cc2cnc3ccccc3c2)c2ncc(C(F)(F)F)cc2Cl)cc1. The molecule has 0 saturated heterocycles. The van der Waals surface area contributed by atoms with Gasteiger partial charge in [-0.25, -0.2) is 9.78 Å². The predicted molar refractivity (Wildman–Crippen MR) is 121 cm³/mol. The monoisotopic (exact) mass is 489 g/mol. The second kappa shape index (κ2) is 9.29. The number of hydrogen-bond acceptors (Lipinski definition) is 5. The highest BCUT2D eigenvalue weighted by Crippen LogP contribution is 2.37. The highest BCUT2D eigenvalue weighted by atomic mass is 35.5. The van der Waals surface area contributed by atoms with Gasteiger partial charge < -0.3 is 5.11 Å². The van der Waals surface area contributed by atoms with E-state index < -0.39 is 17.7 Å². The van der Waals surface area contributed by atoms with E-state index in [0.717, 1.165) is 28.7 Å². The van der Waals surface area contributed by atoms with E-state index >= 15 is 0 Å². The molecular formula is C23H15ClF3N3O2S. The van der Waals surface area contributed by atoms with Gasteiger partial charge in [0.1, 0.15) is 0 Å². The summed E-state index contributed by atoms with van der Waals surface area (Å²) in [6, 6.07) is 16.4. The highest BCUT2D eigenvalue weighted by Gasteiger charge is 2.32. The van der Waals surface area contributed by atoms with Crippen molar-refractivity contribution in [1.29, 1.82) is 0 Å². The molecule has 0 atom stereocenters. The van der Waals surface area contributed by atoms with Crippen molar-refractivity contribution in [2.45, 2.75) is 17.6 Å². The van der Waals surface area contributed by atoms with Gasteiger partial charge in [-0.2, -0.15) is 13.2 Å². The van der Waals surface area contributed by atoms with Crippen molar-refractivity contribution in [3.05, 3.63) is 94.8 Å². The average molecular weight is 490 g/mol. The molecule has 2 aromatic carbocycles. The third-order valence-corrected chi connectivity index (χ3v) is 5.96. The Hall–Kier alpha value is -3.30. The number of para-hydroxylation sites is 1. The van der Waals surface area contributed by atoms with Crippen LogP contribution in [0.15, 0.2) is 78.0 Å². The number of rotatable bonds is 6. The number of halogens is 4. The Labute approximate surface area is 196 Å². The fraction of sp³-hybridized carbons (Fsp3) is 0.0870. The summed E-state index contributed by atoms with van der Waals surface area (Å²) in [6.45, 7) is 0.237. The Kier molecular flexibility index (Phi) is 6.44. The Bertz CT molecular complexity index is 1320. The summed E-state index contributed by atoms with van der Waals surface area (Å²) in [4.78, 5) is 20.2. The van der Waals surface area contributed by atoms with Crippen molar-refractivity contribution in [3.8, 4) is 0 Å². The van der Waals surface area contributed by atoms with E-state index in [0.29, 0.717) is 4.90 Å². The molecule has 4 rings (SSSR count). The maximum absolute atomic E-state index is 13.1. The molecule has 10 heteroatoms. The van der Waals surface area contributed by atoms with Crippen LogP contribution in [0.3, 0.4) is 0 Å². The number of fused-ring (bicyclic) bond motifs is 1. The maximum Gasteiger partial charge on any atom is 0.417 e. The molecule has 0 aliphatic rings. The first-order valence-electron chi connectivity index (χ1n) is 9.56. The number of aromatic carboxylic acids is 1. The summed E-state index contributed by atoms with van der Waals surface area (Å²) in [7, 11) is 0. The number of alkyl halides is 3. The number of anilines is 1. The number of benzene rings is 2. The lowest BCUT2D eigenvalue weighted by molar-refractivity contribution is -0.137. The quantitative estimate of drug-likeness (QED) is 0.303. The van der Waals surface area contributed by atoms with Crippen molar-refractivity contribution in [1.82, 2.24) is 9.97 Å². The van der Waals surface area contributed by atoms with Crippen molar-refractivity contribution in [2.75, 3.05) is 4.31 Å². The topological polar surface area (TPSA) is 66.3 Å². The molecule has 4 aromatic rings. The van der Waals surface area contributed by atoms with Crippen molar-refractivity contribution in [3.63, 3.8) is 0 Å². The zero-order valence-electron chi connectivity index (χ0n) is 16.8. The fourth-order valence-electron chi connectivity index (χ4n) is 3.07. The second-order valence-electron chi connectivity index (χ2n) is 7.02. The van der Waals surface area contributed by atoms with Crippen LogP contribution in [-0.2, 0) is 12.7 Å². The lowest BCUT2D eigenvalue weighted by Gasteiger charge is -2.24. The van der Waals surface area contributed by atoms with Gasteiger partial charge in [0.15, 0.2) is 5.82 Å². The van der Waals surface area contributed by atoms with Crippen LogP contribution < -0.4 is 4.31 Å². The Balaban J connectivity index is 1.70. The van der Waals surface area contributed by atoms with Gasteiger partial charge >= 0.3 is 12.1 Å². The maximum atomic E-state index is 13.1. The van der Waals surface area contributed by atoms with E-state index in [2.05, 4.69) is 9.97 Å². The summed E-state index contributed by atoms with van der Waals surface area (Å²) in [5, 5.41) is 9.86. The summed E-state index contributed by atoms with van der Waals surface area (Å²) in [5.74, 6) is -0.914. The van der Waals surface area contributed by atoms with Crippen molar-refractivity contribution < 1.29 is 23.1 Å². The summed E-state index contributed by atoms with van der Waals surface area (Å²) < 4.78 is 40.9. The average Bonchev–Trinajstić information content (AvgIpc) is 2.78. The van der Waals surface area contributed by atoms with Crippen molar-refractivity contribution in [2.24, 2.45) is 0 Å². The molecule has 5 nitrogen and oxygen atoms in total. The smallest absolute Gasteiger partial charge is 0.417 e. The van der Waals surface area contributed by atoms with E-state index in [-0.39, 0.29) is 22.9 Å². The molecule has 0 saturated carbocycles. The number of carboxylic acid groups (broad SMARTS) is 1. The molecule has 0 bridgehead atoms. The van der Waals surface area contributed by atoms with Crippen LogP contribution in [0.4, 0.5) is 19.0 Å². The van der Waals surface area contributed by atoms with Gasteiger partial charge in [-0.3, -0.25) is 9.29 Å². The van der Waals surface area contributed by atoms with Gasteiger partial charge in [-0.1, -0.05) is 29.8 Å². The molecule has 0 unspecified atom stereocenters. The predicted octanol–water partition coefficient (Wildman–Crippen LogP) is 6.71. The highest BCUT2D eigenvalue weighted by molar-refractivity contribution is 8.00. The molecule has 168 valence electrons. The molecule has 0 aliphatic carbocycles. The lowest BCUT2D eigenvalue weighted by Crippen LogP contribution is -2.17. The third kappa shape index (κ3) is 5.37. The first-order valence-corrected chi connectivity index (χ1v) is 10.7. The van der Waals surface area contributed by atoms with E-state index in [9.17, 15) is 18.0 Å². The van der Waals surface area contributed by atoms with Crippen LogP contribution in [-0.4, -0.2) is 21.0 Å². The van der Waals surface area contributed by atoms with Crippen LogP contribution in [0, 0.1) is 0 Å². The normalized spacial score (nSPS) is 11.5. The number of carboxylic acids is 1. The number of carbonyl (C=O) groups is 1. The summed E-state index contributed by atoms with van der Waals surface area (Å²) >= 11 is 7.39. The molecular weight excluding hydrogens is 475 g/mol. The minimum atomic E-state index is -4.57. The zero-order chi connectivity index (χ0) is 23.6. The third-order valence-electron chi connectivity index (χ3n) is 4.68. The molecule has 2 aromatic heterocycles. The van der Waals surface area contributed by atoms with Gasteiger partial charge in [0.2, 0.25) is 0 Å². The fourth-order valence-corrected chi connectivity index (χ4v) is 4.35. The molecule has 0 spiro atoms. The van der Waals surface area contributed by atoms with Gasteiger partial charge in [-0.15, -0.1) is 0 Å². The van der Waals surface area contributed by atoms with E-state index in [1.54, 1.807) is 22.6 Å². The van der Waals surface area contributed by atoms with Gasteiger partial charge in [-0.05, 0) is 60.0 Å². The molecule has 33 heavy (non-hydrogen) atoms. The van der Waals surface area contributed by atoms with Gasteiger partial charge in [0.25, 0.3) is 0 Å². The zero-order valence-corrected chi connectivity index (χ0v) is 18.3.